The van der Waals surface area contributed by atoms with Crippen LogP contribution in [0, 0.1) is 6.92 Å². The lowest BCUT2D eigenvalue weighted by molar-refractivity contribution is -0.129. The lowest BCUT2D eigenvalue weighted by Crippen LogP contribution is -2.45. The van der Waals surface area contributed by atoms with Crippen molar-refractivity contribution in [2.75, 3.05) is 19.6 Å². The number of aryl methyl sites for hydroxylation is 1. The molecule has 1 aliphatic rings. The molecular weight excluding hydrogens is 479 g/mol. The SMILES string of the molecule is CCNC(=NCc1ccc(C)cc1OC(C)(C)C)NC1CCN(C(=O)CC)C1.I. The Morgan fingerprint density at radius 2 is 2.03 bits per heavy atom. The van der Waals surface area contributed by atoms with Crippen LogP contribution in [0.25, 0.3) is 0 Å². The van der Waals surface area contributed by atoms with Gasteiger partial charge in [0, 0.05) is 37.7 Å². The zero-order chi connectivity index (χ0) is 20.7. The van der Waals surface area contributed by atoms with E-state index >= 15 is 0 Å². The molecule has 0 aromatic heterocycles. The lowest BCUT2D eigenvalue weighted by Gasteiger charge is -2.23. The summed E-state index contributed by atoms with van der Waals surface area (Å²) in [6.07, 6.45) is 1.50. The summed E-state index contributed by atoms with van der Waals surface area (Å²) >= 11 is 0. The van der Waals surface area contributed by atoms with Crippen LogP contribution in [-0.4, -0.2) is 48.0 Å². The highest BCUT2D eigenvalue weighted by Crippen LogP contribution is 2.25. The Hall–Kier alpha value is -1.51. The highest BCUT2D eigenvalue weighted by atomic mass is 127. The number of carbonyl (C=O) groups excluding carboxylic acids is 1. The Morgan fingerprint density at radius 3 is 2.66 bits per heavy atom. The van der Waals surface area contributed by atoms with Gasteiger partial charge in [-0.05, 0) is 52.7 Å². The van der Waals surface area contributed by atoms with Gasteiger partial charge in [-0.2, -0.15) is 0 Å². The van der Waals surface area contributed by atoms with Crippen LogP contribution >= 0.6 is 24.0 Å². The number of nitrogens with one attached hydrogen (secondary N) is 2. The average Bonchev–Trinajstić information content (AvgIpc) is 3.07. The number of aliphatic imine (C=N–C) groups is 1. The van der Waals surface area contributed by atoms with E-state index in [1.54, 1.807) is 0 Å². The van der Waals surface area contributed by atoms with Crippen LogP contribution in [0.15, 0.2) is 23.2 Å². The number of benzene rings is 1. The molecular formula is C22H37IN4O2. The Bertz CT molecular complexity index is 701. The van der Waals surface area contributed by atoms with Crippen molar-refractivity contribution in [3.05, 3.63) is 29.3 Å². The van der Waals surface area contributed by atoms with E-state index in [1.165, 1.54) is 5.56 Å². The largest absolute Gasteiger partial charge is 0.488 e. The van der Waals surface area contributed by atoms with Gasteiger partial charge < -0.3 is 20.3 Å². The summed E-state index contributed by atoms with van der Waals surface area (Å²) in [7, 11) is 0. The fourth-order valence-electron chi connectivity index (χ4n) is 3.22. The van der Waals surface area contributed by atoms with Crippen molar-refractivity contribution in [2.45, 2.75) is 72.6 Å². The predicted octanol–water partition coefficient (Wildman–Crippen LogP) is 3.86. The number of hydrogen-bond donors (Lipinski definition) is 2. The third kappa shape index (κ3) is 8.40. The lowest BCUT2D eigenvalue weighted by atomic mass is 10.1. The third-order valence-corrected chi connectivity index (χ3v) is 4.57. The van der Waals surface area contributed by atoms with Crippen LogP contribution in [0.5, 0.6) is 5.75 Å². The van der Waals surface area contributed by atoms with Crippen molar-refractivity contribution in [3.63, 3.8) is 0 Å². The van der Waals surface area contributed by atoms with Crippen LogP contribution in [0.2, 0.25) is 0 Å². The first-order chi connectivity index (χ1) is 13.2. The molecule has 1 aromatic carbocycles. The molecule has 0 bridgehead atoms. The summed E-state index contributed by atoms with van der Waals surface area (Å²) in [5, 5.41) is 6.79. The number of amides is 1. The van der Waals surface area contributed by atoms with E-state index in [1.807, 2.05) is 11.8 Å². The summed E-state index contributed by atoms with van der Waals surface area (Å²) < 4.78 is 6.14. The minimum atomic E-state index is -0.256. The van der Waals surface area contributed by atoms with Crippen molar-refractivity contribution in [3.8, 4) is 5.75 Å². The molecule has 0 saturated carbocycles. The first kappa shape index (κ1) is 25.5. The maximum atomic E-state index is 11.9. The second-order valence-corrected chi connectivity index (χ2v) is 8.34. The van der Waals surface area contributed by atoms with Gasteiger partial charge in [-0.1, -0.05) is 19.1 Å². The number of carbonyl (C=O) groups is 1. The summed E-state index contributed by atoms with van der Waals surface area (Å²) in [4.78, 5) is 18.6. The molecule has 164 valence electrons. The first-order valence-electron chi connectivity index (χ1n) is 10.3. The van der Waals surface area contributed by atoms with Gasteiger partial charge in [0.2, 0.25) is 5.91 Å². The molecule has 1 amide bonds. The molecule has 0 aliphatic carbocycles. The summed E-state index contributed by atoms with van der Waals surface area (Å²) in [6, 6.07) is 6.48. The molecule has 2 rings (SSSR count). The number of likely N-dealkylation sites (tertiary alicyclic amines) is 1. The number of ether oxygens (including phenoxy) is 1. The van der Waals surface area contributed by atoms with E-state index in [-0.39, 0.29) is 41.5 Å². The Labute approximate surface area is 192 Å². The fraction of sp³-hybridized carbons (Fsp3) is 0.636. The van der Waals surface area contributed by atoms with Gasteiger partial charge in [0.1, 0.15) is 11.4 Å². The molecule has 0 radical (unpaired) electrons. The van der Waals surface area contributed by atoms with Crippen LogP contribution in [-0.2, 0) is 11.3 Å². The Morgan fingerprint density at radius 1 is 1.31 bits per heavy atom. The molecule has 0 spiro atoms. The van der Waals surface area contributed by atoms with Crippen molar-refractivity contribution < 1.29 is 9.53 Å². The molecule has 1 heterocycles. The van der Waals surface area contributed by atoms with Gasteiger partial charge in [0.15, 0.2) is 5.96 Å². The van der Waals surface area contributed by atoms with Crippen molar-refractivity contribution in [1.82, 2.24) is 15.5 Å². The number of rotatable bonds is 6. The van der Waals surface area contributed by atoms with Gasteiger partial charge in [0.05, 0.1) is 6.54 Å². The van der Waals surface area contributed by atoms with E-state index in [0.29, 0.717) is 13.0 Å². The number of halogens is 1. The molecule has 1 fully saturated rings. The second kappa shape index (κ2) is 11.6. The molecule has 1 unspecified atom stereocenters. The van der Waals surface area contributed by atoms with Crippen LogP contribution in [0.3, 0.4) is 0 Å². The zero-order valence-corrected chi connectivity index (χ0v) is 21.0. The summed E-state index contributed by atoms with van der Waals surface area (Å²) in [5.41, 5.74) is 1.98. The van der Waals surface area contributed by atoms with E-state index in [9.17, 15) is 4.79 Å². The number of guanidine groups is 1. The zero-order valence-electron chi connectivity index (χ0n) is 18.7. The van der Waals surface area contributed by atoms with Crippen LogP contribution in [0.1, 0.15) is 58.6 Å². The minimum absolute atomic E-state index is 0. The first-order valence-corrected chi connectivity index (χ1v) is 10.3. The molecule has 1 aliphatic heterocycles. The highest BCUT2D eigenvalue weighted by Gasteiger charge is 2.25. The monoisotopic (exact) mass is 516 g/mol. The molecule has 1 atom stereocenters. The minimum Gasteiger partial charge on any atom is -0.488 e. The topological polar surface area (TPSA) is 66.0 Å². The van der Waals surface area contributed by atoms with Gasteiger partial charge in [-0.25, -0.2) is 4.99 Å². The maximum Gasteiger partial charge on any atom is 0.222 e. The normalized spacial score (nSPS) is 17.0. The highest BCUT2D eigenvalue weighted by molar-refractivity contribution is 14.0. The molecule has 1 saturated heterocycles. The standard InChI is InChI=1S/C22H36N4O2.HI/c1-7-20(27)26-12-11-18(15-26)25-21(23-8-2)24-14-17-10-9-16(3)13-19(17)28-22(4,5)6;/h9-10,13,18H,7-8,11-12,14-15H2,1-6H3,(H2,23,24,25);1H. The number of nitrogens with zero attached hydrogens (tertiary/aromatic N) is 2. The van der Waals surface area contributed by atoms with Gasteiger partial charge in [-0.3, -0.25) is 4.79 Å². The van der Waals surface area contributed by atoms with Crippen molar-refractivity contribution >= 4 is 35.8 Å². The van der Waals surface area contributed by atoms with Crippen LogP contribution in [0.4, 0.5) is 0 Å². The Balaban J connectivity index is 0.00000420. The van der Waals surface area contributed by atoms with Crippen LogP contribution < -0.4 is 15.4 Å². The average molecular weight is 516 g/mol. The van der Waals surface area contributed by atoms with Gasteiger partial charge in [-0.15, -0.1) is 24.0 Å². The molecule has 2 N–H and O–H groups in total. The summed E-state index contributed by atoms with van der Waals surface area (Å²) in [6.45, 7) is 15.1. The molecule has 29 heavy (non-hydrogen) atoms. The molecule has 6 nitrogen and oxygen atoms in total. The smallest absolute Gasteiger partial charge is 0.222 e. The van der Waals surface area contributed by atoms with Crippen molar-refractivity contribution in [1.29, 1.82) is 0 Å². The predicted molar refractivity (Wildman–Crippen MR) is 130 cm³/mol. The van der Waals surface area contributed by atoms with Gasteiger partial charge in [0.25, 0.3) is 0 Å². The summed E-state index contributed by atoms with van der Waals surface area (Å²) in [5.74, 6) is 1.88. The third-order valence-electron chi connectivity index (χ3n) is 4.57. The van der Waals surface area contributed by atoms with Crippen molar-refractivity contribution in [2.24, 2.45) is 4.99 Å². The van der Waals surface area contributed by atoms with E-state index < -0.39 is 0 Å². The maximum absolute atomic E-state index is 11.9. The Kier molecular flexibility index (Phi) is 10.2. The van der Waals surface area contributed by atoms with E-state index in [4.69, 9.17) is 9.73 Å². The molecule has 7 heteroatoms. The van der Waals surface area contributed by atoms with E-state index in [0.717, 1.165) is 43.3 Å². The van der Waals surface area contributed by atoms with E-state index in [2.05, 4.69) is 63.5 Å². The van der Waals surface area contributed by atoms with Gasteiger partial charge >= 0.3 is 0 Å². The fourth-order valence-corrected chi connectivity index (χ4v) is 3.22. The quantitative estimate of drug-likeness (QED) is 0.343. The number of hydrogen-bond acceptors (Lipinski definition) is 3. The molecule has 1 aromatic rings. The second-order valence-electron chi connectivity index (χ2n) is 8.34.